The topological polar surface area (TPSA) is 72.0 Å². The number of nitrogens with one attached hydrogen (secondary N) is 1. The average molecular weight is 362 g/mol. The quantitative estimate of drug-likeness (QED) is 0.498. The van der Waals surface area contributed by atoms with Gasteiger partial charge in [-0.3, -0.25) is 4.90 Å². The Kier molecular flexibility index (Phi) is 5.07. The molecule has 27 heavy (non-hydrogen) atoms. The highest BCUT2D eigenvalue weighted by Crippen LogP contribution is 2.26. The van der Waals surface area contributed by atoms with Gasteiger partial charge in [-0.05, 0) is 25.0 Å². The summed E-state index contributed by atoms with van der Waals surface area (Å²) in [6.45, 7) is 9.12. The van der Waals surface area contributed by atoms with E-state index in [-0.39, 0.29) is 0 Å². The van der Waals surface area contributed by atoms with Gasteiger partial charge in [0.2, 0.25) is 0 Å². The molecule has 0 bridgehead atoms. The van der Waals surface area contributed by atoms with Crippen molar-refractivity contribution in [1.29, 1.82) is 0 Å². The molecule has 0 amide bonds. The Labute approximate surface area is 159 Å². The van der Waals surface area contributed by atoms with Crippen LogP contribution in [0, 0.1) is 0 Å². The molecule has 6 heteroatoms. The summed E-state index contributed by atoms with van der Waals surface area (Å²) >= 11 is 0. The molecule has 0 aliphatic carbocycles. The van der Waals surface area contributed by atoms with Crippen LogP contribution in [-0.2, 0) is 13.1 Å². The van der Waals surface area contributed by atoms with Gasteiger partial charge in [-0.2, -0.15) is 0 Å². The fraction of sp³-hybridized carbons (Fsp3) is 0.333. The molecule has 1 aromatic carbocycles. The molecule has 0 saturated heterocycles. The van der Waals surface area contributed by atoms with Crippen molar-refractivity contribution in [3.63, 3.8) is 0 Å². The summed E-state index contributed by atoms with van der Waals surface area (Å²) in [5.41, 5.74) is 8.36. The van der Waals surface area contributed by atoms with Crippen LogP contribution < -0.4 is 11.1 Å². The number of nitrogens with two attached hydrogens (primary N) is 1. The molecule has 1 aliphatic rings. The number of nitrogen functional groups attached to an aromatic ring is 1. The van der Waals surface area contributed by atoms with Crippen molar-refractivity contribution in [3.05, 3.63) is 60.8 Å². The lowest BCUT2D eigenvalue weighted by molar-refractivity contribution is 0.233. The molecule has 0 radical (unpaired) electrons. The fourth-order valence-electron chi connectivity index (χ4n) is 3.70. The number of rotatable bonds is 7. The van der Waals surface area contributed by atoms with Crippen molar-refractivity contribution in [1.82, 2.24) is 19.4 Å². The number of anilines is 2. The van der Waals surface area contributed by atoms with Gasteiger partial charge in [-0.15, -0.1) is 0 Å². The third kappa shape index (κ3) is 3.95. The van der Waals surface area contributed by atoms with Crippen molar-refractivity contribution >= 4 is 22.3 Å². The summed E-state index contributed by atoms with van der Waals surface area (Å²) in [6, 6.07) is 8.12. The number of pyridine rings is 1. The second kappa shape index (κ2) is 7.80. The number of fused-ring (bicyclic) bond motifs is 2. The number of imidazole rings is 1. The Balaban J connectivity index is 1.25. The highest BCUT2D eigenvalue weighted by Gasteiger charge is 2.16. The van der Waals surface area contributed by atoms with Crippen LogP contribution in [0.1, 0.15) is 18.7 Å². The van der Waals surface area contributed by atoms with E-state index >= 15 is 0 Å². The molecule has 0 unspecified atom stereocenters. The van der Waals surface area contributed by atoms with Gasteiger partial charge in [0.05, 0.1) is 6.54 Å². The van der Waals surface area contributed by atoms with Crippen molar-refractivity contribution < 1.29 is 0 Å². The third-order valence-electron chi connectivity index (χ3n) is 5.13. The third-order valence-corrected chi connectivity index (χ3v) is 5.13. The van der Waals surface area contributed by atoms with Crippen LogP contribution in [0.15, 0.2) is 55.0 Å². The van der Waals surface area contributed by atoms with Crippen LogP contribution in [0.3, 0.4) is 0 Å². The zero-order chi connectivity index (χ0) is 18.6. The monoisotopic (exact) mass is 362 g/mol. The Morgan fingerprint density at radius 1 is 1.15 bits per heavy atom. The van der Waals surface area contributed by atoms with Gasteiger partial charge in [-0.1, -0.05) is 24.3 Å². The largest absolute Gasteiger partial charge is 0.385 e. The fourth-order valence-corrected chi connectivity index (χ4v) is 3.70. The van der Waals surface area contributed by atoms with E-state index in [2.05, 4.69) is 43.6 Å². The first-order chi connectivity index (χ1) is 13.2. The van der Waals surface area contributed by atoms with Crippen molar-refractivity contribution in [2.24, 2.45) is 0 Å². The first kappa shape index (κ1) is 17.5. The highest BCUT2D eigenvalue weighted by atomic mass is 15.2. The Bertz CT molecular complexity index is 945. The minimum atomic E-state index is 0.576. The van der Waals surface area contributed by atoms with Crippen LogP contribution in [0.2, 0.25) is 0 Å². The standard InChI is InChI=1S/C21H26N6/c1-16(14-26-12-13-27-11-10-24-20(27)15-26)4-3-8-23-19-6-2-5-18-17(19)7-9-25-21(18)22/h2,5-7,9-11,23H,1,3-4,8,12-15H2,(H2,22,25). The zero-order valence-electron chi connectivity index (χ0n) is 15.6. The van der Waals surface area contributed by atoms with E-state index < -0.39 is 0 Å². The maximum atomic E-state index is 5.97. The van der Waals surface area contributed by atoms with Crippen LogP contribution >= 0.6 is 0 Å². The molecule has 3 heterocycles. The van der Waals surface area contributed by atoms with Crippen LogP contribution in [0.4, 0.5) is 11.5 Å². The molecule has 4 rings (SSSR count). The number of hydrogen-bond acceptors (Lipinski definition) is 5. The Morgan fingerprint density at radius 3 is 3.00 bits per heavy atom. The number of hydrogen-bond donors (Lipinski definition) is 2. The van der Waals surface area contributed by atoms with Gasteiger partial charge in [0, 0.05) is 61.2 Å². The maximum absolute atomic E-state index is 5.97. The van der Waals surface area contributed by atoms with E-state index in [1.807, 2.05) is 24.4 Å². The van der Waals surface area contributed by atoms with Gasteiger partial charge in [0.25, 0.3) is 0 Å². The molecule has 6 nitrogen and oxygen atoms in total. The van der Waals surface area contributed by atoms with Crippen LogP contribution in [0.5, 0.6) is 0 Å². The smallest absolute Gasteiger partial charge is 0.131 e. The number of nitrogens with zero attached hydrogens (tertiary/aromatic N) is 4. The van der Waals surface area contributed by atoms with Crippen molar-refractivity contribution in [2.75, 3.05) is 30.7 Å². The maximum Gasteiger partial charge on any atom is 0.131 e. The Hall–Kier alpha value is -2.86. The molecule has 0 spiro atoms. The lowest BCUT2D eigenvalue weighted by Gasteiger charge is -2.28. The van der Waals surface area contributed by atoms with E-state index in [1.54, 1.807) is 6.20 Å². The van der Waals surface area contributed by atoms with Crippen LogP contribution in [-0.4, -0.2) is 39.1 Å². The summed E-state index contributed by atoms with van der Waals surface area (Å²) in [4.78, 5) is 11.0. The molecule has 0 atom stereocenters. The predicted octanol–water partition coefficient (Wildman–Crippen LogP) is 3.28. The molecule has 0 fully saturated rings. The average Bonchev–Trinajstić information content (AvgIpc) is 3.13. The predicted molar refractivity (Wildman–Crippen MR) is 111 cm³/mol. The van der Waals surface area contributed by atoms with E-state index in [1.165, 1.54) is 5.57 Å². The summed E-state index contributed by atoms with van der Waals surface area (Å²) in [5, 5.41) is 5.65. The SMILES string of the molecule is C=C(CCCNc1cccc2c(N)nccc12)CN1CCn2ccnc2C1. The van der Waals surface area contributed by atoms with Crippen molar-refractivity contribution in [3.8, 4) is 0 Å². The minimum Gasteiger partial charge on any atom is -0.385 e. The molecule has 140 valence electrons. The minimum absolute atomic E-state index is 0.576. The summed E-state index contributed by atoms with van der Waals surface area (Å²) < 4.78 is 2.23. The van der Waals surface area contributed by atoms with Gasteiger partial charge in [0.1, 0.15) is 11.6 Å². The zero-order valence-corrected chi connectivity index (χ0v) is 15.6. The summed E-state index contributed by atoms with van der Waals surface area (Å²) in [5.74, 6) is 1.73. The molecular weight excluding hydrogens is 336 g/mol. The van der Waals surface area contributed by atoms with Gasteiger partial charge in [0.15, 0.2) is 0 Å². The van der Waals surface area contributed by atoms with Crippen molar-refractivity contribution in [2.45, 2.75) is 25.9 Å². The van der Waals surface area contributed by atoms with E-state index in [4.69, 9.17) is 5.73 Å². The molecule has 2 aromatic heterocycles. The van der Waals surface area contributed by atoms with E-state index in [0.29, 0.717) is 5.82 Å². The molecule has 3 aromatic rings. The van der Waals surface area contributed by atoms with Gasteiger partial charge in [-0.25, -0.2) is 9.97 Å². The second-order valence-electron chi connectivity index (χ2n) is 7.12. The lowest BCUT2D eigenvalue weighted by atomic mass is 10.1. The Morgan fingerprint density at radius 2 is 2.07 bits per heavy atom. The second-order valence-corrected chi connectivity index (χ2v) is 7.12. The summed E-state index contributed by atoms with van der Waals surface area (Å²) in [7, 11) is 0. The number of aromatic nitrogens is 3. The van der Waals surface area contributed by atoms with E-state index in [9.17, 15) is 0 Å². The van der Waals surface area contributed by atoms with Gasteiger partial charge >= 0.3 is 0 Å². The molecule has 3 N–H and O–H groups in total. The molecule has 1 aliphatic heterocycles. The lowest BCUT2D eigenvalue weighted by Crippen LogP contribution is -2.34. The summed E-state index contributed by atoms with van der Waals surface area (Å²) in [6.07, 6.45) is 7.78. The normalized spacial score (nSPS) is 14.2. The first-order valence-electron chi connectivity index (χ1n) is 9.47. The highest BCUT2D eigenvalue weighted by molar-refractivity contribution is 5.99. The first-order valence-corrected chi connectivity index (χ1v) is 9.47. The van der Waals surface area contributed by atoms with Crippen LogP contribution in [0.25, 0.3) is 10.8 Å². The molecule has 0 saturated carbocycles. The van der Waals surface area contributed by atoms with Gasteiger partial charge < -0.3 is 15.6 Å². The molecular formula is C21H26N6. The van der Waals surface area contributed by atoms with E-state index in [0.717, 1.165) is 67.8 Å². The number of benzene rings is 1.